The predicted molar refractivity (Wildman–Crippen MR) is 124 cm³/mol. The van der Waals surface area contributed by atoms with E-state index in [9.17, 15) is 18.0 Å². The van der Waals surface area contributed by atoms with Gasteiger partial charge in [-0.15, -0.1) is 13.2 Å². The second-order valence-electron chi connectivity index (χ2n) is 8.68. The highest BCUT2D eigenvalue weighted by Gasteiger charge is 2.31. The van der Waals surface area contributed by atoms with Gasteiger partial charge in [-0.25, -0.2) is 9.97 Å². The molecule has 1 saturated heterocycles. The van der Waals surface area contributed by atoms with Gasteiger partial charge in [0.2, 0.25) is 0 Å². The Labute approximate surface area is 200 Å². The molecule has 5 rings (SSSR count). The van der Waals surface area contributed by atoms with E-state index in [2.05, 4.69) is 39.0 Å². The fourth-order valence-electron chi connectivity index (χ4n) is 4.73. The molecule has 1 amide bonds. The number of rotatable bonds is 4. The number of benzene rings is 2. The van der Waals surface area contributed by atoms with E-state index >= 15 is 0 Å². The molecular weight excluding hydrogens is 459 g/mol. The van der Waals surface area contributed by atoms with Crippen LogP contribution in [-0.2, 0) is 4.74 Å². The molecule has 2 aliphatic heterocycles. The molecule has 35 heavy (non-hydrogen) atoms. The molecule has 0 atom stereocenters. The van der Waals surface area contributed by atoms with Gasteiger partial charge in [0, 0.05) is 30.0 Å². The summed E-state index contributed by atoms with van der Waals surface area (Å²) in [5.74, 6) is -0.358. The Balaban J connectivity index is 1.26. The van der Waals surface area contributed by atoms with E-state index in [1.807, 2.05) is 0 Å². The standard InChI is InChI=1S/C26H24F3N3O3/c27-26(28,29)35-21-4-1-19(2-5-21)25(33)32-11-7-18(8-12-32)24-22-6-3-20(15-23(22)30-16-31-24)17-9-13-34-14-10-17/h1-6,9,15-16,18H,7-8,10-14H2. The topological polar surface area (TPSA) is 64.5 Å². The van der Waals surface area contributed by atoms with Crippen molar-refractivity contribution in [3.05, 3.63) is 71.7 Å². The highest BCUT2D eigenvalue weighted by molar-refractivity contribution is 5.94. The number of nitrogens with zero attached hydrogens (tertiary/aromatic N) is 3. The molecule has 6 nitrogen and oxygen atoms in total. The first-order valence-corrected chi connectivity index (χ1v) is 11.5. The van der Waals surface area contributed by atoms with E-state index in [1.165, 1.54) is 17.7 Å². The number of carbonyl (C=O) groups is 1. The number of aromatic nitrogens is 2. The molecule has 1 aromatic heterocycles. The fraction of sp³-hybridized carbons (Fsp3) is 0.346. The van der Waals surface area contributed by atoms with E-state index in [-0.39, 0.29) is 17.6 Å². The van der Waals surface area contributed by atoms with Gasteiger partial charge in [-0.3, -0.25) is 4.79 Å². The fourth-order valence-corrected chi connectivity index (χ4v) is 4.73. The lowest BCUT2D eigenvalue weighted by atomic mass is 9.90. The van der Waals surface area contributed by atoms with Crippen molar-refractivity contribution in [3.8, 4) is 5.75 Å². The number of piperidine rings is 1. The van der Waals surface area contributed by atoms with Gasteiger partial charge < -0.3 is 14.4 Å². The first-order chi connectivity index (χ1) is 16.9. The number of carbonyl (C=O) groups excluding carboxylic acids is 1. The van der Waals surface area contributed by atoms with Gasteiger partial charge in [0.05, 0.1) is 24.4 Å². The second kappa shape index (κ2) is 9.65. The Hall–Kier alpha value is -3.46. The van der Waals surface area contributed by atoms with Crippen molar-refractivity contribution in [3.63, 3.8) is 0 Å². The third-order valence-electron chi connectivity index (χ3n) is 6.51. The number of hydrogen-bond donors (Lipinski definition) is 0. The molecule has 0 bridgehead atoms. The number of fused-ring (bicyclic) bond motifs is 1. The highest BCUT2D eigenvalue weighted by atomic mass is 19.4. The summed E-state index contributed by atoms with van der Waals surface area (Å²) in [6.07, 6.45) is 1.32. The maximum Gasteiger partial charge on any atom is 0.573 e. The molecule has 0 spiro atoms. The number of ether oxygens (including phenoxy) is 2. The molecule has 0 saturated carbocycles. The third kappa shape index (κ3) is 5.30. The van der Waals surface area contributed by atoms with Crippen LogP contribution in [0, 0.1) is 0 Å². The molecule has 182 valence electrons. The predicted octanol–water partition coefficient (Wildman–Crippen LogP) is 5.35. The minimum absolute atomic E-state index is 0.195. The van der Waals surface area contributed by atoms with Crippen LogP contribution in [0.2, 0.25) is 0 Å². The molecule has 0 N–H and O–H groups in total. The van der Waals surface area contributed by atoms with Gasteiger partial charge in [-0.2, -0.15) is 0 Å². The zero-order chi connectivity index (χ0) is 24.4. The number of amides is 1. The van der Waals surface area contributed by atoms with Crippen LogP contribution in [0.25, 0.3) is 16.5 Å². The van der Waals surface area contributed by atoms with Crippen molar-refractivity contribution in [2.45, 2.75) is 31.5 Å². The van der Waals surface area contributed by atoms with E-state index in [1.54, 1.807) is 11.2 Å². The molecule has 0 unspecified atom stereocenters. The number of likely N-dealkylation sites (tertiary alicyclic amines) is 1. The number of hydrogen-bond acceptors (Lipinski definition) is 5. The Kier molecular flexibility index (Phi) is 6.42. The van der Waals surface area contributed by atoms with Crippen LogP contribution in [0.5, 0.6) is 5.75 Å². The number of alkyl halides is 3. The molecular formula is C26H24F3N3O3. The maximum atomic E-state index is 12.9. The normalized spacial score (nSPS) is 17.3. The monoisotopic (exact) mass is 483 g/mol. The smallest absolute Gasteiger partial charge is 0.406 e. The summed E-state index contributed by atoms with van der Waals surface area (Å²) in [6, 6.07) is 11.3. The Morgan fingerprint density at radius 2 is 1.83 bits per heavy atom. The molecule has 0 aliphatic carbocycles. The number of halogens is 3. The van der Waals surface area contributed by atoms with Gasteiger partial charge in [-0.1, -0.05) is 18.2 Å². The Bertz CT molecular complexity index is 1250. The lowest BCUT2D eigenvalue weighted by Crippen LogP contribution is -2.38. The van der Waals surface area contributed by atoms with E-state index < -0.39 is 6.36 Å². The van der Waals surface area contributed by atoms with Crippen LogP contribution in [0.4, 0.5) is 13.2 Å². The van der Waals surface area contributed by atoms with Crippen molar-refractivity contribution in [2.24, 2.45) is 0 Å². The molecule has 3 heterocycles. The van der Waals surface area contributed by atoms with Crippen molar-refractivity contribution in [1.29, 1.82) is 0 Å². The molecule has 2 aliphatic rings. The van der Waals surface area contributed by atoms with E-state index in [0.29, 0.717) is 25.3 Å². The highest BCUT2D eigenvalue weighted by Crippen LogP contribution is 2.33. The summed E-state index contributed by atoms with van der Waals surface area (Å²) >= 11 is 0. The van der Waals surface area contributed by atoms with E-state index in [4.69, 9.17) is 4.74 Å². The van der Waals surface area contributed by atoms with E-state index in [0.717, 1.165) is 60.2 Å². The van der Waals surface area contributed by atoms with Crippen LogP contribution < -0.4 is 4.74 Å². The Morgan fingerprint density at radius 3 is 2.51 bits per heavy atom. The van der Waals surface area contributed by atoms with Crippen molar-refractivity contribution < 1.29 is 27.4 Å². The van der Waals surface area contributed by atoms with Crippen LogP contribution in [0.1, 0.15) is 46.8 Å². The average molecular weight is 483 g/mol. The van der Waals surface area contributed by atoms with Gasteiger partial charge >= 0.3 is 6.36 Å². The second-order valence-corrected chi connectivity index (χ2v) is 8.68. The Morgan fingerprint density at radius 1 is 1.06 bits per heavy atom. The maximum absolute atomic E-state index is 12.9. The summed E-state index contributed by atoms with van der Waals surface area (Å²) in [6.45, 7) is 2.44. The van der Waals surface area contributed by atoms with Crippen molar-refractivity contribution in [1.82, 2.24) is 14.9 Å². The molecule has 9 heteroatoms. The summed E-state index contributed by atoms with van der Waals surface area (Å²) < 4.78 is 46.4. The first kappa shape index (κ1) is 23.3. The lowest BCUT2D eigenvalue weighted by molar-refractivity contribution is -0.274. The lowest BCUT2D eigenvalue weighted by Gasteiger charge is -2.32. The van der Waals surface area contributed by atoms with Crippen LogP contribution in [0.3, 0.4) is 0 Å². The minimum atomic E-state index is -4.76. The molecule has 0 radical (unpaired) electrons. The van der Waals surface area contributed by atoms with Crippen molar-refractivity contribution >= 4 is 22.4 Å². The zero-order valence-corrected chi connectivity index (χ0v) is 18.9. The van der Waals surface area contributed by atoms with Crippen molar-refractivity contribution in [2.75, 3.05) is 26.3 Å². The van der Waals surface area contributed by atoms with Crippen LogP contribution in [-0.4, -0.2) is 53.4 Å². The molecule has 1 fully saturated rings. The summed E-state index contributed by atoms with van der Waals surface area (Å²) in [4.78, 5) is 23.7. The molecule has 2 aromatic carbocycles. The minimum Gasteiger partial charge on any atom is -0.406 e. The third-order valence-corrected chi connectivity index (χ3v) is 6.51. The summed E-state index contributed by atoms with van der Waals surface area (Å²) in [5, 5.41) is 1.02. The van der Waals surface area contributed by atoms with Crippen LogP contribution >= 0.6 is 0 Å². The van der Waals surface area contributed by atoms with Gasteiger partial charge in [0.1, 0.15) is 12.1 Å². The van der Waals surface area contributed by atoms with Gasteiger partial charge in [0.25, 0.3) is 5.91 Å². The quantitative estimate of drug-likeness (QED) is 0.501. The molecule has 3 aromatic rings. The summed E-state index contributed by atoms with van der Waals surface area (Å²) in [7, 11) is 0. The van der Waals surface area contributed by atoms with Gasteiger partial charge in [-0.05, 0) is 60.7 Å². The average Bonchev–Trinajstić information content (AvgIpc) is 2.88. The largest absolute Gasteiger partial charge is 0.573 e. The van der Waals surface area contributed by atoms with Crippen LogP contribution in [0.15, 0.2) is 54.9 Å². The first-order valence-electron chi connectivity index (χ1n) is 11.5. The summed E-state index contributed by atoms with van der Waals surface area (Å²) in [5.41, 5.74) is 4.64. The van der Waals surface area contributed by atoms with Gasteiger partial charge in [0.15, 0.2) is 0 Å². The SMILES string of the molecule is O=C(c1ccc(OC(F)(F)F)cc1)N1CCC(c2ncnc3cc(C4=CCOCC4)ccc23)CC1. The zero-order valence-electron chi connectivity index (χ0n) is 18.9.